The summed E-state index contributed by atoms with van der Waals surface area (Å²) in [7, 11) is 0. The summed E-state index contributed by atoms with van der Waals surface area (Å²) in [5.74, 6) is 0.768. The second-order valence-electron chi connectivity index (χ2n) is 5.53. The van der Waals surface area contributed by atoms with Gasteiger partial charge in [0.05, 0.1) is 15.6 Å². The van der Waals surface area contributed by atoms with E-state index in [0.29, 0.717) is 19.6 Å². The van der Waals surface area contributed by atoms with Crippen LogP contribution >= 0.6 is 35.3 Å². The Morgan fingerprint density at radius 2 is 2.00 bits per heavy atom. The third kappa shape index (κ3) is 8.52. The van der Waals surface area contributed by atoms with Crippen LogP contribution in [0.3, 0.4) is 0 Å². The number of aliphatic imine (C=N–C) groups is 1. The molecule has 0 fully saturated rings. The highest BCUT2D eigenvalue weighted by Crippen LogP contribution is 2.14. The number of aromatic nitrogens is 1. The molecule has 1 aromatic carbocycles. The van der Waals surface area contributed by atoms with Crippen LogP contribution in [0.4, 0.5) is 11.4 Å². The number of halogens is 1. The second-order valence-corrected chi connectivity index (χ2v) is 6.59. The fraction of sp³-hybridized carbons (Fsp3) is 0.412. The van der Waals surface area contributed by atoms with Crippen LogP contribution in [0.25, 0.3) is 0 Å². The minimum absolute atomic E-state index is 0. The fourth-order valence-electron chi connectivity index (χ4n) is 2.24. The number of rotatable bonds is 9. The first kappa shape index (κ1) is 23.1. The Bertz CT molecular complexity index is 735. The van der Waals surface area contributed by atoms with Gasteiger partial charge in [0.1, 0.15) is 0 Å². The summed E-state index contributed by atoms with van der Waals surface area (Å²) in [6, 6.07) is 6.38. The van der Waals surface area contributed by atoms with Gasteiger partial charge in [0.25, 0.3) is 5.69 Å². The Hall–Kier alpha value is -1.95. The number of nitrogens with one attached hydrogen (secondary N) is 3. The molecule has 0 saturated carbocycles. The highest BCUT2D eigenvalue weighted by molar-refractivity contribution is 14.0. The zero-order valence-corrected chi connectivity index (χ0v) is 18.5. The Balaban J connectivity index is 0.00000364. The van der Waals surface area contributed by atoms with E-state index in [0.717, 1.165) is 35.3 Å². The zero-order valence-electron chi connectivity index (χ0n) is 15.4. The van der Waals surface area contributed by atoms with E-state index in [-0.39, 0.29) is 29.7 Å². The third-order valence-corrected chi connectivity index (χ3v) is 4.30. The van der Waals surface area contributed by atoms with Crippen LogP contribution < -0.4 is 16.0 Å². The number of nitrogens with zero attached hydrogens (tertiary/aromatic N) is 3. The summed E-state index contributed by atoms with van der Waals surface area (Å²) >= 11 is 1.65. The van der Waals surface area contributed by atoms with E-state index >= 15 is 0 Å². The molecule has 1 aromatic heterocycles. The Kier molecular flexibility index (Phi) is 10.6. The summed E-state index contributed by atoms with van der Waals surface area (Å²) in [6.07, 6.45) is 0.821. The number of guanidine groups is 1. The summed E-state index contributed by atoms with van der Waals surface area (Å²) in [5, 5.41) is 23.5. The number of non-ortho nitro benzene ring substituents is 1. The molecule has 0 saturated heterocycles. The Morgan fingerprint density at radius 1 is 1.26 bits per heavy atom. The van der Waals surface area contributed by atoms with Gasteiger partial charge in [-0.05, 0) is 26.0 Å². The van der Waals surface area contributed by atoms with Gasteiger partial charge >= 0.3 is 0 Å². The van der Waals surface area contributed by atoms with Crippen molar-refractivity contribution in [3.05, 3.63) is 50.5 Å². The molecule has 10 heteroatoms. The Morgan fingerprint density at radius 3 is 2.59 bits per heavy atom. The molecule has 0 radical (unpaired) electrons. The number of benzene rings is 1. The zero-order chi connectivity index (χ0) is 18.8. The lowest BCUT2D eigenvalue weighted by Crippen LogP contribution is -2.39. The first-order chi connectivity index (χ1) is 12.6. The van der Waals surface area contributed by atoms with Crippen LogP contribution in [0.2, 0.25) is 0 Å². The van der Waals surface area contributed by atoms with Gasteiger partial charge in [-0.3, -0.25) is 15.1 Å². The molecule has 0 amide bonds. The number of hydrogen-bond acceptors (Lipinski definition) is 6. The smallest absolute Gasteiger partial charge is 0.269 e. The summed E-state index contributed by atoms with van der Waals surface area (Å²) in [4.78, 5) is 19.2. The van der Waals surface area contributed by atoms with Gasteiger partial charge in [0.15, 0.2) is 5.96 Å². The minimum Gasteiger partial charge on any atom is -0.383 e. The van der Waals surface area contributed by atoms with Crippen molar-refractivity contribution < 1.29 is 4.92 Å². The van der Waals surface area contributed by atoms with Crippen LogP contribution in [0.5, 0.6) is 0 Å². The van der Waals surface area contributed by atoms with Gasteiger partial charge in [-0.1, -0.05) is 0 Å². The van der Waals surface area contributed by atoms with Crippen molar-refractivity contribution in [3.8, 4) is 0 Å². The number of nitro benzene ring substituents is 1. The van der Waals surface area contributed by atoms with Crippen LogP contribution in [0.1, 0.15) is 17.6 Å². The molecule has 8 nitrogen and oxygen atoms in total. The van der Waals surface area contributed by atoms with E-state index in [2.05, 4.69) is 31.3 Å². The lowest BCUT2D eigenvalue weighted by molar-refractivity contribution is -0.384. The van der Waals surface area contributed by atoms with Crippen LogP contribution in [-0.4, -0.2) is 42.0 Å². The van der Waals surface area contributed by atoms with Gasteiger partial charge in [0, 0.05) is 55.8 Å². The highest BCUT2D eigenvalue weighted by atomic mass is 127. The normalized spacial score (nSPS) is 10.8. The average molecular weight is 504 g/mol. The van der Waals surface area contributed by atoms with Crippen molar-refractivity contribution in [1.29, 1.82) is 0 Å². The van der Waals surface area contributed by atoms with Gasteiger partial charge in [-0.2, -0.15) is 0 Å². The molecule has 0 aliphatic heterocycles. The molecule has 0 spiro atoms. The minimum atomic E-state index is -0.405. The molecular weight excluding hydrogens is 479 g/mol. The quantitative estimate of drug-likeness (QED) is 0.121. The van der Waals surface area contributed by atoms with Crippen molar-refractivity contribution in [2.24, 2.45) is 4.99 Å². The number of thiazole rings is 1. The maximum absolute atomic E-state index is 10.6. The molecule has 0 aliphatic rings. The molecule has 27 heavy (non-hydrogen) atoms. The predicted octanol–water partition coefficient (Wildman–Crippen LogP) is 3.19. The molecular formula is C17H25IN6O2S. The Labute approximate surface area is 180 Å². The van der Waals surface area contributed by atoms with E-state index in [1.165, 1.54) is 12.1 Å². The maximum atomic E-state index is 10.6. The van der Waals surface area contributed by atoms with Crippen molar-refractivity contribution in [2.75, 3.05) is 31.5 Å². The van der Waals surface area contributed by atoms with Crippen molar-refractivity contribution >= 4 is 52.6 Å². The monoisotopic (exact) mass is 504 g/mol. The predicted molar refractivity (Wildman–Crippen MR) is 122 cm³/mol. The number of anilines is 1. The fourth-order valence-corrected chi connectivity index (χ4v) is 2.88. The highest BCUT2D eigenvalue weighted by Gasteiger charge is 2.03. The van der Waals surface area contributed by atoms with Crippen molar-refractivity contribution in [2.45, 2.75) is 20.3 Å². The first-order valence-electron chi connectivity index (χ1n) is 8.50. The van der Waals surface area contributed by atoms with Gasteiger partial charge in [0.2, 0.25) is 0 Å². The molecule has 1 heterocycles. The molecule has 0 unspecified atom stereocenters. The van der Waals surface area contributed by atoms with E-state index in [1.807, 2.05) is 13.8 Å². The van der Waals surface area contributed by atoms with Gasteiger partial charge < -0.3 is 16.0 Å². The van der Waals surface area contributed by atoms with Crippen LogP contribution in [-0.2, 0) is 6.42 Å². The molecule has 0 atom stereocenters. The largest absolute Gasteiger partial charge is 0.383 e. The van der Waals surface area contributed by atoms with E-state index in [9.17, 15) is 10.1 Å². The number of hydrogen-bond donors (Lipinski definition) is 3. The molecule has 2 rings (SSSR count). The van der Waals surface area contributed by atoms with Crippen LogP contribution in [0.15, 0.2) is 34.6 Å². The number of nitro groups is 1. The lowest BCUT2D eigenvalue weighted by atomic mass is 10.3. The van der Waals surface area contributed by atoms with E-state index in [4.69, 9.17) is 0 Å². The van der Waals surface area contributed by atoms with Crippen molar-refractivity contribution in [1.82, 2.24) is 15.6 Å². The molecule has 148 valence electrons. The molecule has 0 bridgehead atoms. The second kappa shape index (κ2) is 12.4. The first-order valence-corrected chi connectivity index (χ1v) is 9.38. The summed E-state index contributed by atoms with van der Waals surface area (Å²) in [5.41, 5.74) is 2.01. The van der Waals surface area contributed by atoms with E-state index in [1.54, 1.807) is 23.5 Å². The summed E-state index contributed by atoms with van der Waals surface area (Å²) < 4.78 is 0. The van der Waals surface area contributed by atoms with Gasteiger partial charge in [-0.25, -0.2) is 4.98 Å². The molecule has 3 N–H and O–H groups in total. The topological polar surface area (TPSA) is 104 Å². The SMILES string of the molecule is CCNC(=NCCc1csc(C)n1)NCCNc1ccc([N+](=O)[O-])cc1.I. The lowest BCUT2D eigenvalue weighted by Gasteiger charge is -2.12. The van der Waals surface area contributed by atoms with Crippen molar-refractivity contribution in [3.63, 3.8) is 0 Å². The number of aryl methyl sites for hydroxylation is 1. The third-order valence-electron chi connectivity index (χ3n) is 3.47. The van der Waals surface area contributed by atoms with Crippen LogP contribution in [0, 0.1) is 17.0 Å². The average Bonchev–Trinajstić information content (AvgIpc) is 3.04. The molecule has 0 aliphatic carbocycles. The molecule has 2 aromatic rings. The summed E-state index contributed by atoms with van der Waals surface area (Å²) in [6.45, 7) is 6.84. The van der Waals surface area contributed by atoms with Gasteiger partial charge in [-0.15, -0.1) is 35.3 Å². The standard InChI is InChI=1S/C17H24N6O2S.HI/c1-3-18-17(20-9-8-15-12-26-13(2)22-15)21-11-10-19-14-4-6-16(7-5-14)23(24)25;/h4-7,12,19H,3,8-11H2,1-2H3,(H2,18,20,21);1H. The maximum Gasteiger partial charge on any atom is 0.269 e. The van der Waals surface area contributed by atoms with E-state index < -0.39 is 4.92 Å².